The van der Waals surface area contributed by atoms with E-state index < -0.39 is 0 Å². The average molecular weight is 302 g/mol. The van der Waals surface area contributed by atoms with Crippen LogP contribution in [0.15, 0.2) is 36.4 Å². The summed E-state index contributed by atoms with van der Waals surface area (Å²) in [6.45, 7) is 4.13. The molecule has 1 rings (SSSR count). The number of ether oxygens (including phenoxy) is 1. The first-order valence-electron chi connectivity index (χ1n) is 8.65. The Morgan fingerprint density at radius 1 is 1.05 bits per heavy atom. The number of benzene rings is 1. The zero-order valence-electron chi connectivity index (χ0n) is 14.1. The van der Waals surface area contributed by atoms with Gasteiger partial charge in [0.2, 0.25) is 0 Å². The van der Waals surface area contributed by atoms with E-state index in [1.165, 1.54) is 32.1 Å². The molecular weight excluding hydrogens is 272 g/mol. The van der Waals surface area contributed by atoms with Gasteiger partial charge in [-0.25, -0.2) is 0 Å². The molecule has 0 aliphatic heterocycles. The summed E-state index contributed by atoms with van der Waals surface area (Å²) in [5.41, 5.74) is 1.12. The highest BCUT2D eigenvalue weighted by Gasteiger charge is 2.06. The highest BCUT2D eigenvalue weighted by molar-refractivity contribution is 5.69. The molecule has 0 radical (unpaired) electrons. The second-order valence-corrected chi connectivity index (χ2v) is 5.84. The molecule has 0 heterocycles. The fraction of sp³-hybridized carbons (Fsp3) is 0.550. The first-order chi connectivity index (χ1) is 10.7. The molecular formula is C20H30O2. The molecule has 1 aromatic rings. The van der Waals surface area contributed by atoms with Crippen LogP contribution in [0.2, 0.25) is 0 Å². The van der Waals surface area contributed by atoms with E-state index in [-0.39, 0.29) is 12.1 Å². The summed E-state index contributed by atoms with van der Waals surface area (Å²) in [6, 6.07) is 10.0. The maximum absolute atomic E-state index is 11.7. The predicted molar refractivity (Wildman–Crippen MR) is 93.6 cm³/mol. The number of esters is 1. The van der Waals surface area contributed by atoms with Crippen LogP contribution in [0.5, 0.6) is 0 Å². The molecule has 0 N–H and O–H groups in total. The maximum atomic E-state index is 11.7. The van der Waals surface area contributed by atoms with E-state index in [0.29, 0.717) is 6.42 Å². The molecule has 2 heteroatoms. The van der Waals surface area contributed by atoms with E-state index in [1.807, 2.05) is 49.4 Å². The fourth-order valence-electron chi connectivity index (χ4n) is 2.34. The number of hydrogen-bond donors (Lipinski definition) is 0. The van der Waals surface area contributed by atoms with Gasteiger partial charge in [0.15, 0.2) is 0 Å². The Balaban J connectivity index is 2.10. The van der Waals surface area contributed by atoms with Gasteiger partial charge >= 0.3 is 5.97 Å². The Bertz CT molecular complexity index is 423. The van der Waals surface area contributed by atoms with Crippen LogP contribution in [0.4, 0.5) is 0 Å². The van der Waals surface area contributed by atoms with Crippen molar-refractivity contribution in [2.75, 3.05) is 0 Å². The Labute approximate surface area is 135 Å². The summed E-state index contributed by atoms with van der Waals surface area (Å²) in [4.78, 5) is 11.7. The lowest BCUT2D eigenvalue weighted by Crippen LogP contribution is -2.12. The highest BCUT2D eigenvalue weighted by atomic mass is 16.5. The summed E-state index contributed by atoms with van der Waals surface area (Å²) in [5.74, 6) is -0.0845. The van der Waals surface area contributed by atoms with Gasteiger partial charge in [-0.15, -0.1) is 0 Å². The van der Waals surface area contributed by atoms with Crippen molar-refractivity contribution >= 4 is 12.0 Å². The van der Waals surface area contributed by atoms with Gasteiger partial charge in [-0.3, -0.25) is 4.79 Å². The molecule has 122 valence electrons. The largest absolute Gasteiger partial charge is 0.458 e. The van der Waals surface area contributed by atoms with Crippen LogP contribution in [0.3, 0.4) is 0 Å². The van der Waals surface area contributed by atoms with Gasteiger partial charge in [0, 0.05) is 6.42 Å². The van der Waals surface area contributed by atoms with Gasteiger partial charge in [0.05, 0.1) is 0 Å². The predicted octanol–water partition coefficient (Wildman–Crippen LogP) is 5.77. The number of hydrogen-bond acceptors (Lipinski definition) is 2. The van der Waals surface area contributed by atoms with Crippen LogP contribution in [-0.4, -0.2) is 12.1 Å². The second kappa shape index (κ2) is 12.0. The molecule has 2 nitrogen and oxygen atoms in total. The zero-order chi connectivity index (χ0) is 16.0. The third-order valence-electron chi connectivity index (χ3n) is 3.66. The van der Waals surface area contributed by atoms with Crippen molar-refractivity contribution in [2.45, 2.75) is 71.3 Å². The number of unbranched alkanes of at least 4 members (excludes halogenated alkanes) is 6. The van der Waals surface area contributed by atoms with E-state index >= 15 is 0 Å². The number of rotatable bonds is 11. The molecule has 0 aromatic heterocycles. The fourth-order valence-corrected chi connectivity index (χ4v) is 2.34. The lowest BCUT2D eigenvalue weighted by atomic mass is 10.1. The Morgan fingerprint density at radius 3 is 2.36 bits per heavy atom. The molecule has 1 aromatic carbocycles. The Hall–Kier alpha value is -1.57. The lowest BCUT2D eigenvalue weighted by molar-refractivity contribution is -0.146. The number of carbonyl (C=O) groups is 1. The van der Waals surface area contributed by atoms with Crippen molar-refractivity contribution in [3.63, 3.8) is 0 Å². The minimum Gasteiger partial charge on any atom is -0.458 e. The van der Waals surface area contributed by atoms with Gasteiger partial charge in [-0.2, -0.15) is 0 Å². The summed E-state index contributed by atoms with van der Waals surface area (Å²) >= 11 is 0. The van der Waals surface area contributed by atoms with Crippen LogP contribution < -0.4 is 0 Å². The molecule has 0 aliphatic rings. The van der Waals surface area contributed by atoms with Crippen molar-refractivity contribution in [3.05, 3.63) is 42.0 Å². The average Bonchev–Trinajstić information content (AvgIpc) is 2.53. The van der Waals surface area contributed by atoms with Crippen molar-refractivity contribution in [3.8, 4) is 0 Å². The van der Waals surface area contributed by atoms with Crippen molar-refractivity contribution in [1.82, 2.24) is 0 Å². The van der Waals surface area contributed by atoms with Crippen molar-refractivity contribution in [2.24, 2.45) is 0 Å². The molecule has 0 fully saturated rings. The molecule has 0 bridgehead atoms. The zero-order valence-corrected chi connectivity index (χ0v) is 14.1. The smallest absolute Gasteiger partial charge is 0.306 e. The molecule has 0 spiro atoms. The van der Waals surface area contributed by atoms with E-state index in [9.17, 15) is 4.79 Å². The normalized spacial score (nSPS) is 12.5. The third kappa shape index (κ3) is 9.38. The summed E-state index contributed by atoms with van der Waals surface area (Å²) in [5, 5.41) is 0. The molecule has 0 saturated carbocycles. The summed E-state index contributed by atoms with van der Waals surface area (Å²) < 4.78 is 5.39. The second-order valence-electron chi connectivity index (χ2n) is 5.84. The van der Waals surface area contributed by atoms with Crippen LogP contribution >= 0.6 is 0 Å². The van der Waals surface area contributed by atoms with Gasteiger partial charge in [-0.1, -0.05) is 81.9 Å². The van der Waals surface area contributed by atoms with Crippen LogP contribution in [0, 0.1) is 0 Å². The van der Waals surface area contributed by atoms with Crippen LogP contribution in [-0.2, 0) is 9.53 Å². The molecule has 0 unspecified atom stereocenters. The molecule has 0 amide bonds. The first-order valence-corrected chi connectivity index (χ1v) is 8.65. The van der Waals surface area contributed by atoms with Gasteiger partial charge in [0.1, 0.15) is 6.10 Å². The molecule has 22 heavy (non-hydrogen) atoms. The van der Waals surface area contributed by atoms with E-state index in [0.717, 1.165) is 18.4 Å². The Morgan fingerprint density at radius 2 is 1.68 bits per heavy atom. The third-order valence-corrected chi connectivity index (χ3v) is 3.66. The van der Waals surface area contributed by atoms with Crippen LogP contribution in [0.25, 0.3) is 6.08 Å². The van der Waals surface area contributed by atoms with Crippen molar-refractivity contribution in [1.29, 1.82) is 0 Å². The Kier molecular flexibility index (Phi) is 10.1. The summed E-state index contributed by atoms with van der Waals surface area (Å²) in [7, 11) is 0. The van der Waals surface area contributed by atoms with Gasteiger partial charge < -0.3 is 4.74 Å². The summed E-state index contributed by atoms with van der Waals surface area (Å²) in [6.07, 6.45) is 12.8. The minimum atomic E-state index is -0.169. The maximum Gasteiger partial charge on any atom is 0.306 e. The standard InChI is InChI=1S/C20H30O2/c1-3-4-5-6-7-8-12-15-20(21)22-18(2)16-17-19-13-10-9-11-14-19/h9-11,13-14,16-18H,3-8,12,15H2,1-2H3/b17-16+/t18-/m1/s1. The monoisotopic (exact) mass is 302 g/mol. The molecule has 0 saturated heterocycles. The SMILES string of the molecule is CCCCCCCCCC(=O)O[C@H](C)/C=C/c1ccccc1. The van der Waals surface area contributed by atoms with E-state index in [2.05, 4.69) is 6.92 Å². The minimum absolute atomic E-state index is 0.0845. The van der Waals surface area contributed by atoms with Gasteiger partial charge in [0.25, 0.3) is 0 Å². The topological polar surface area (TPSA) is 26.3 Å². The van der Waals surface area contributed by atoms with Crippen molar-refractivity contribution < 1.29 is 9.53 Å². The van der Waals surface area contributed by atoms with E-state index in [4.69, 9.17) is 4.74 Å². The van der Waals surface area contributed by atoms with Gasteiger partial charge in [-0.05, 0) is 25.0 Å². The molecule has 0 aliphatic carbocycles. The highest BCUT2D eigenvalue weighted by Crippen LogP contribution is 2.10. The first kappa shape index (κ1) is 18.5. The van der Waals surface area contributed by atoms with E-state index in [1.54, 1.807) is 0 Å². The molecule has 1 atom stereocenters. The number of carbonyl (C=O) groups excluding carboxylic acids is 1. The quantitative estimate of drug-likeness (QED) is 0.383. The lowest BCUT2D eigenvalue weighted by Gasteiger charge is -2.09. The van der Waals surface area contributed by atoms with Crippen LogP contribution in [0.1, 0.15) is 70.8 Å².